The quantitative estimate of drug-likeness (QED) is 0.640. The van der Waals surface area contributed by atoms with Gasteiger partial charge in [-0.3, -0.25) is 4.98 Å². The molecule has 0 spiro atoms. The first-order valence-electron chi connectivity index (χ1n) is 5.57. The number of halogens is 2. The van der Waals surface area contributed by atoms with Gasteiger partial charge in [0.25, 0.3) is 0 Å². The lowest BCUT2D eigenvalue weighted by Crippen LogP contribution is -2.12. The Kier molecular flexibility index (Phi) is 3.60. The minimum absolute atomic E-state index is 0.120. The Labute approximate surface area is 119 Å². The number of pyridine rings is 1. The molecule has 0 saturated heterocycles. The summed E-state index contributed by atoms with van der Waals surface area (Å²) in [6, 6.07) is 6.38. The van der Waals surface area contributed by atoms with E-state index >= 15 is 0 Å². The maximum atomic E-state index is 4.53. The van der Waals surface area contributed by atoms with Crippen molar-refractivity contribution >= 4 is 42.8 Å². The summed E-state index contributed by atoms with van der Waals surface area (Å²) in [6.45, 7) is 6.69. The molecule has 90 valence electrons. The fourth-order valence-corrected chi connectivity index (χ4v) is 3.52. The van der Waals surface area contributed by atoms with Gasteiger partial charge in [-0.25, -0.2) is 0 Å². The van der Waals surface area contributed by atoms with Crippen LogP contribution in [-0.4, -0.2) is 4.98 Å². The Bertz CT molecular complexity index is 556. The van der Waals surface area contributed by atoms with Crippen molar-refractivity contribution in [2.75, 3.05) is 0 Å². The number of alkyl halides is 1. The average molecular weight is 357 g/mol. The summed E-state index contributed by atoms with van der Waals surface area (Å²) >= 11 is 7.19. The summed E-state index contributed by atoms with van der Waals surface area (Å²) in [5, 5.41) is 2.06. The lowest BCUT2D eigenvalue weighted by atomic mass is 9.84. The Morgan fingerprint density at radius 2 is 2.00 bits per heavy atom. The second-order valence-electron chi connectivity index (χ2n) is 5.17. The van der Waals surface area contributed by atoms with Crippen molar-refractivity contribution in [1.82, 2.24) is 4.98 Å². The van der Waals surface area contributed by atoms with Crippen LogP contribution in [0.1, 0.15) is 31.9 Å². The Morgan fingerprint density at radius 1 is 1.29 bits per heavy atom. The van der Waals surface area contributed by atoms with Crippen LogP contribution in [0.2, 0.25) is 0 Å². The molecule has 1 nitrogen and oxygen atoms in total. The van der Waals surface area contributed by atoms with E-state index in [1.54, 1.807) is 0 Å². The van der Waals surface area contributed by atoms with E-state index in [1.165, 1.54) is 16.5 Å². The number of aromatic nitrogens is 1. The van der Waals surface area contributed by atoms with Crippen LogP contribution >= 0.6 is 31.9 Å². The zero-order valence-corrected chi connectivity index (χ0v) is 13.4. The van der Waals surface area contributed by atoms with Gasteiger partial charge >= 0.3 is 0 Å². The first-order valence-corrected chi connectivity index (χ1v) is 7.49. The Balaban J connectivity index is 2.89. The molecular weight excluding hydrogens is 342 g/mol. The lowest BCUT2D eigenvalue weighted by molar-refractivity contribution is 0.595. The van der Waals surface area contributed by atoms with Crippen LogP contribution in [0.4, 0.5) is 0 Å². The third kappa shape index (κ3) is 2.41. The summed E-state index contributed by atoms with van der Waals surface area (Å²) in [4.78, 5) is 4.53. The molecule has 0 unspecified atom stereocenters. The van der Waals surface area contributed by atoms with E-state index < -0.39 is 0 Å². The van der Waals surface area contributed by atoms with Gasteiger partial charge in [-0.1, -0.05) is 58.7 Å². The summed E-state index contributed by atoms with van der Waals surface area (Å²) < 4.78 is 1.13. The molecule has 0 aliphatic heterocycles. The minimum atomic E-state index is 0.120. The fourth-order valence-electron chi connectivity index (χ4n) is 2.02. The zero-order valence-electron chi connectivity index (χ0n) is 10.2. The van der Waals surface area contributed by atoms with Crippen LogP contribution in [0.15, 0.2) is 28.9 Å². The van der Waals surface area contributed by atoms with Crippen LogP contribution in [0.3, 0.4) is 0 Å². The van der Waals surface area contributed by atoms with Gasteiger partial charge < -0.3 is 0 Å². The number of hydrogen-bond donors (Lipinski definition) is 0. The molecule has 0 bridgehead atoms. The number of rotatable bonds is 1. The predicted molar refractivity (Wildman–Crippen MR) is 80.8 cm³/mol. The normalized spacial score (nSPS) is 12.1. The van der Waals surface area contributed by atoms with Crippen molar-refractivity contribution in [3.05, 3.63) is 40.0 Å². The SMILES string of the molecule is CC(C)(C)c1cc(Br)c(CBr)c2ncccc12. The maximum absolute atomic E-state index is 4.53. The van der Waals surface area contributed by atoms with Gasteiger partial charge in [0.15, 0.2) is 0 Å². The molecule has 0 aliphatic carbocycles. The number of hydrogen-bond acceptors (Lipinski definition) is 1. The average Bonchev–Trinajstić information content (AvgIpc) is 2.27. The molecule has 1 heterocycles. The third-order valence-corrected chi connectivity index (χ3v) is 4.15. The standard InChI is InChI=1S/C14H15Br2N/c1-14(2,3)11-7-12(16)10(8-15)13-9(11)5-4-6-17-13/h4-7H,8H2,1-3H3. The molecule has 0 amide bonds. The van der Waals surface area contributed by atoms with Gasteiger partial charge in [-0.05, 0) is 23.1 Å². The predicted octanol–water partition coefficient (Wildman–Crippen LogP) is 5.19. The van der Waals surface area contributed by atoms with Crippen LogP contribution < -0.4 is 0 Å². The highest BCUT2D eigenvalue weighted by Gasteiger charge is 2.20. The van der Waals surface area contributed by atoms with Crippen molar-refractivity contribution in [3.8, 4) is 0 Å². The monoisotopic (exact) mass is 355 g/mol. The highest BCUT2D eigenvalue weighted by atomic mass is 79.9. The van der Waals surface area contributed by atoms with Gasteiger partial charge in [-0.2, -0.15) is 0 Å². The van der Waals surface area contributed by atoms with E-state index in [4.69, 9.17) is 0 Å². The number of fused-ring (bicyclic) bond motifs is 1. The molecule has 1 aromatic heterocycles. The number of benzene rings is 1. The zero-order chi connectivity index (χ0) is 12.6. The second-order valence-corrected chi connectivity index (χ2v) is 6.58. The molecule has 0 radical (unpaired) electrons. The van der Waals surface area contributed by atoms with Crippen molar-refractivity contribution in [2.45, 2.75) is 31.5 Å². The molecule has 2 aromatic rings. The molecule has 3 heteroatoms. The van der Waals surface area contributed by atoms with Gasteiger partial charge in [0, 0.05) is 26.9 Å². The first kappa shape index (κ1) is 13.0. The van der Waals surface area contributed by atoms with Crippen LogP contribution in [-0.2, 0) is 10.7 Å². The van der Waals surface area contributed by atoms with E-state index in [1.807, 2.05) is 12.3 Å². The van der Waals surface area contributed by atoms with Crippen LogP contribution in [0, 0.1) is 0 Å². The molecule has 1 aromatic carbocycles. The van der Waals surface area contributed by atoms with Gasteiger partial charge in [-0.15, -0.1) is 0 Å². The van der Waals surface area contributed by atoms with E-state index in [0.29, 0.717) is 0 Å². The number of nitrogens with zero attached hydrogens (tertiary/aromatic N) is 1. The van der Waals surface area contributed by atoms with Crippen LogP contribution in [0.25, 0.3) is 10.9 Å². The molecule has 2 rings (SSSR count). The van der Waals surface area contributed by atoms with Crippen molar-refractivity contribution < 1.29 is 0 Å². The van der Waals surface area contributed by atoms with Crippen molar-refractivity contribution in [3.63, 3.8) is 0 Å². The van der Waals surface area contributed by atoms with Crippen molar-refractivity contribution in [2.24, 2.45) is 0 Å². The van der Waals surface area contributed by atoms with E-state index in [0.717, 1.165) is 15.3 Å². The third-order valence-electron chi connectivity index (χ3n) is 2.88. The highest BCUT2D eigenvalue weighted by Crippen LogP contribution is 2.35. The summed E-state index contributed by atoms with van der Waals surface area (Å²) in [7, 11) is 0. The molecular formula is C14H15Br2N. The van der Waals surface area contributed by atoms with Gasteiger partial charge in [0.1, 0.15) is 0 Å². The minimum Gasteiger partial charge on any atom is -0.256 e. The van der Waals surface area contributed by atoms with E-state index in [-0.39, 0.29) is 5.41 Å². The Morgan fingerprint density at radius 3 is 2.59 bits per heavy atom. The molecule has 0 saturated carbocycles. The van der Waals surface area contributed by atoms with E-state index in [9.17, 15) is 0 Å². The van der Waals surface area contributed by atoms with Crippen LogP contribution in [0.5, 0.6) is 0 Å². The molecule has 17 heavy (non-hydrogen) atoms. The van der Waals surface area contributed by atoms with Gasteiger partial charge in [0.2, 0.25) is 0 Å². The molecule has 0 atom stereocenters. The summed E-state index contributed by atoms with van der Waals surface area (Å²) in [5.74, 6) is 0. The summed E-state index contributed by atoms with van der Waals surface area (Å²) in [5.41, 5.74) is 3.75. The van der Waals surface area contributed by atoms with Gasteiger partial charge in [0.05, 0.1) is 5.52 Å². The first-order chi connectivity index (χ1) is 7.95. The van der Waals surface area contributed by atoms with Crippen molar-refractivity contribution in [1.29, 1.82) is 0 Å². The maximum Gasteiger partial charge on any atom is 0.0756 e. The fraction of sp³-hybridized carbons (Fsp3) is 0.357. The highest BCUT2D eigenvalue weighted by molar-refractivity contribution is 9.10. The summed E-state index contributed by atoms with van der Waals surface area (Å²) in [6.07, 6.45) is 1.85. The molecule has 0 fully saturated rings. The Hall–Kier alpha value is -0.410. The lowest BCUT2D eigenvalue weighted by Gasteiger charge is -2.22. The topological polar surface area (TPSA) is 12.9 Å². The van der Waals surface area contributed by atoms with E-state index in [2.05, 4.69) is 69.7 Å². The molecule has 0 aliphatic rings. The second kappa shape index (κ2) is 4.69. The smallest absolute Gasteiger partial charge is 0.0756 e. The largest absolute Gasteiger partial charge is 0.256 e. The molecule has 0 N–H and O–H groups in total.